The van der Waals surface area contributed by atoms with Crippen LogP contribution >= 0.6 is 0 Å². The van der Waals surface area contributed by atoms with Gasteiger partial charge in [0.1, 0.15) is 13.1 Å². The van der Waals surface area contributed by atoms with Crippen LogP contribution in [-0.4, -0.2) is 32.8 Å². The van der Waals surface area contributed by atoms with Gasteiger partial charge < -0.3 is 33.6 Å². The monoisotopic (exact) mass is 243 g/mol. The van der Waals surface area contributed by atoms with Gasteiger partial charge in [0.05, 0.1) is 19.8 Å². The van der Waals surface area contributed by atoms with Crippen molar-refractivity contribution in [1.29, 1.82) is 0 Å². The van der Waals surface area contributed by atoms with Crippen molar-refractivity contribution in [2.24, 2.45) is 0 Å². The predicted molar refractivity (Wildman–Crippen MR) is 32.1 cm³/mol. The van der Waals surface area contributed by atoms with Crippen LogP contribution in [0.25, 0.3) is 0 Å². The van der Waals surface area contributed by atoms with Crippen LogP contribution in [0.5, 0.6) is 0 Å². The van der Waals surface area contributed by atoms with Crippen LogP contribution in [0.4, 0.5) is 0 Å². The Morgan fingerprint density at radius 2 is 1.89 bits per heavy atom. The highest BCUT2D eigenvalue weighted by Crippen LogP contribution is 1.73. The summed E-state index contributed by atoms with van der Waals surface area (Å²) in [5, 5.41) is 0. The molecule has 0 radical (unpaired) electrons. The summed E-state index contributed by atoms with van der Waals surface area (Å²) >= 11 is 0. The highest BCUT2D eigenvalue weighted by Gasteiger charge is 2.09. The second kappa shape index (κ2) is 5.44. The van der Waals surface area contributed by atoms with Crippen molar-refractivity contribution >= 4 is 0 Å². The summed E-state index contributed by atoms with van der Waals surface area (Å²) in [6.07, 6.45) is 0. The molecular weight excluding hydrogens is 229 g/mol. The van der Waals surface area contributed by atoms with E-state index >= 15 is 0 Å². The van der Waals surface area contributed by atoms with Gasteiger partial charge in [0.2, 0.25) is 0 Å². The number of hydrogen-bond acceptors (Lipinski definition) is 1. The van der Waals surface area contributed by atoms with Crippen LogP contribution in [0.2, 0.25) is 0 Å². The minimum atomic E-state index is 0. The van der Waals surface area contributed by atoms with Gasteiger partial charge in [-0.15, -0.1) is 0 Å². The molecule has 1 aliphatic rings. The van der Waals surface area contributed by atoms with Crippen molar-refractivity contribution in [2.45, 2.75) is 6.92 Å². The van der Waals surface area contributed by atoms with E-state index in [1.165, 1.54) is 19.6 Å². The zero-order valence-corrected chi connectivity index (χ0v) is 7.98. The third kappa shape index (κ3) is 3.37. The smallest absolute Gasteiger partial charge is 0.101 e. The highest BCUT2D eigenvalue weighted by molar-refractivity contribution is 4.36. The first-order valence-corrected chi connectivity index (χ1v) is 3.35. The summed E-state index contributed by atoms with van der Waals surface area (Å²) in [7, 11) is 0. The fourth-order valence-electron chi connectivity index (χ4n) is 1.01. The number of ether oxygens (including phenoxy) is 1. The molecule has 1 saturated heterocycles. The van der Waals surface area contributed by atoms with Crippen molar-refractivity contribution in [1.82, 2.24) is 0 Å². The van der Waals surface area contributed by atoms with E-state index in [9.17, 15) is 0 Å². The van der Waals surface area contributed by atoms with Crippen molar-refractivity contribution < 1.29 is 33.6 Å². The van der Waals surface area contributed by atoms with Gasteiger partial charge in [-0.05, 0) is 6.92 Å². The summed E-state index contributed by atoms with van der Waals surface area (Å²) in [6, 6.07) is 0. The van der Waals surface area contributed by atoms with Crippen LogP contribution < -0.4 is 28.9 Å². The van der Waals surface area contributed by atoms with E-state index in [4.69, 9.17) is 4.74 Å². The van der Waals surface area contributed by atoms with E-state index in [0.29, 0.717) is 0 Å². The summed E-state index contributed by atoms with van der Waals surface area (Å²) in [5.74, 6) is 0. The van der Waals surface area contributed by atoms with E-state index in [1.54, 1.807) is 4.90 Å². The molecule has 0 atom stereocenters. The molecule has 1 aliphatic heterocycles. The molecule has 2 nitrogen and oxygen atoms in total. The largest absolute Gasteiger partial charge is 1.00 e. The Morgan fingerprint density at radius 3 is 2.22 bits per heavy atom. The normalized spacial score (nSPS) is 21.0. The molecule has 0 unspecified atom stereocenters. The number of quaternary nitrogens is 1. The number of rotatable bonds is 1. The average molecular weight is 243 g/mol. The Balaban J connectivity index is 0.000000640. The standard InChI is InChI=1S/C6H13NO.HI/c1-2-7-3-5-8-6-4-7;/h2-6H2,1H3;1H. The van der Waals surface area contributed by atoms with E-state index in [0.717, 1.165) is 13.2 Å². The molecule has 0 bridgehead atoms. The highest BCUT2D eigenvalue weighted by atomic mass is 127. The first-order chi connectivity index (χ1) is 3.93. The molecule has 0 saturated carbocycles. The topological polar surface area (TPSA) is 13.7 Å². The minimum Gasteiger partial charge on any atom is -1.00 e. The maximum atomic E-state index is 5.18. The fourth-order valence-corrected chi connectivity index (χ4v) is 1.01. The fraction of sp³-hybridized carbons (Fsp3) is 1.00. The van der Waals surface area contributed by atoms with Crippen LogP contribution in [0.1, 0.15) is 6.92 Å². The summed E-state index contributed by atoms with van der Waals surface area (Å²) in [4.78, 5) is 1.68. The maximum absolute atomic E-state index is 5.18. The lowest BCUT2D eigenvalue weighted by Crippen LogP contribution is -3.13. The second-order valence-electron chi connectivity index (χ2n) is 2.22. The van der Waals surface area contributed by atoms with Gasteiger partial charge in [0, 0.05) is 0 Å². The van der Waals surface area contributed by atoms with Crippen molar-refractivity contribution in [2.75, 3.05) is 32.8 Å². The third-order valence-corrected chi connectivity index (χ3v) is 1.70. The molecule has 56 valence electrons. The molecule has 3 heteroatoms. The molecule has 1 N–H and O–H groups in total. The lowest BCUT2D eigenvalue weighted by Gasteiger charge is -2.21. The summed E-state index contributed by atoms with van der Waals surface area (Å²) in [5.41, 5.74) is 0. The zero-order valence-electron chi connectivity index (χ0n) is 5.82. The molecule has 9 heavy (non-hydrogen) atoms. The van der Waals surface area contributed by atoms with Crippen LogP contribution in [0.15, 0.2) is 0 Å². The Labute approximate surface area is 73.6 Å². The molecular formula is C6H14INO. The van der Waals surface area contributed by atoms with Gasteiger partial charge in [-0.3, -0.25) is 0 Å². The molecule has 1 fully saturated rings. The van der Waals surface area contributed by atoms with E-state index in [1.807, 2.05) is 0 Å². The van der Waals surface area contributed by atoms with Gasteiger partial charge in [-0.2, -0.15) is 0 Å². The molecule has 0 aromatic heterocycles. The van der Waals surface area contributed by atoms with Crippen molar-refractivity contribution in [3.05, 3.63) is 0 Å². The molecule has 0 aromatic carbocycles. The quantitative estimate of drug-likeness (QED) is 0.462. The van der Waals surface area contributed by atoms with Gasteiger partial charge in [0.15, 0.2) is 0 Å². The van der Waals surface area contributed by atoms with E-state index in [2.05, 4.69) is 6.92 Å². The molecule has 0 amide bonds. The number of nitrogens with one attached hydrogen (secondary N) is 1. The Morgan fingerprint density at radius 1 is 1.33 bits per heavy atom. The van der Waals surface area contributed by atoms with E-state index < -0.39 is 0 Å². The molecule has 1 rings (SSSR count). The predicted octanol–water partition coefficient (Wildman–Crippen LogP) is -4.07. The minimum absolute atomic E-state index is 0. The lowest BCUT2D eigenvalue weighted by molar-refractivity contribution is -0.906. The summed E-state index contributed by atoms with van der Waals surface area (Å²) in [6.45, 7) is 7.81. The van der Waals surface area contributed by atoms with Crippen molar-refractivity contribution in [3.63, 3.8) is 0 Å². The van der Waals surface area contributed by atoms with Crippen LogP contribution in [0.3, 0.4) is 0 Å². The number of morpholine rings is 1. The molecule has 1 heterocycles. The number of halogens is 1. The van der Waals surface area contributed by atoms with Crippen LogP contribution in [0, 0.1) is 0 Å². The first-order valence-electron chi connectivity index (χ1n) is 3.35. The average Bonchev–Trinajstić information content (AvgIpc) is 1.90. The molecule has 0 spiro atoms. The summed E-state index contributed by atoms with van der Waals surface area (Å²) < 4.78 is 5.18. The number of likely N-dealkylation sites (N-methyl/N-ethyl adjacent to an activating group) is 1. The second-order valence-corrected chi connectivity index (χ2v) is 2.22. The third-order valence-electron chi connectivity index (χ3n) is 1.70. The first kappa shape index (κ1) is 9.65. The lowest BCUT2D eigenvalue weighted by atomic mass is 10.4. The zero-order chi connectivity index (χ0) is 5.82. The molecule has 0 aromatic rings. The van der Waals surface area contributed by atoms with Gasteiger partial charge in [0.25, 0.3) is 0 Å². The Hall–Kier alpha value is 0.650. The maximum Gasteiger partial charge on any atom is 0.101 e. The van der Waals surface area contributed by atoms with Gasteiger partial charge >= 0.3 is 0 Å². The van der Waals surface area contributed by atoms with Crippen molar-refractivity contribution in [3.8, 4) is 0 Å². The van der Waals surface area contributed by atoms with E-state index in [-0.39, 0.29) is 24.0 Å². The van der Waals surface area contributed by atoms with Gasteiger partial charge in [-0.1, -0.05) is 0 Å². The Bertz CT molecular complexity index is 64.1. The van der Waals surface area contributed by atoms with Crippen LogP contribution in [-0.2, 0) is 4.74 Å². The number of hydrogen-bond donors (Lipinski definition) is 1. The Kier molecular flexibility index (Phi) is 5.83. The molecule has 0 aliphatic carbocycles. The van der Waals surface area contributed by atoms with Gasteiger partial charge in [-0.25, -0.2) is 0 Å². The SMILES string of the molecule is CC[NH+]1CCOCC1.[I-].